The first-order valence-corrected chi connectivity index (χ1v) is 12.8. The van der Waals surface area contributed by atoms with Gasteiger partial charge in [-0.2, -0.15) is 10.1 Å². The molecule has 5 rings (SSSR count). The van der Waals surface area contributed by atoms with Crippen LogP contribution >= 0.6 is 23.4 Å². The molecule has 0 bridgehead atoms. The maximum atomic E-state index is 13.6. The van der Waals surface area contributed by atoms with Crippen LogP contribution < -0.4 is 10.1 Å². The van der Waals surface area contributed by atoms with E-state index in [-0.39, 0.29) is 24.2 Å². The summed E-state index contributed by atoms with van der Waals surface area (Å²) < 4.78 is 18.9. The number of nitrogens with zero attached hydrogens (tertiary/aromatic N) is 3. The van der Waals surface area contributed by atoms with Gasteiger partial charge in [0.2, 0.25) is 5.91 Å². The Kier molecular flexibility index (Phi) is 7.25. The van der Waals surface area contributed by atoms with Crippen LogP contribution in [0.1, 0.15) is 30.0 Å². The molecule has 2 aliphatic rings. The predicted molar refractivity (Wildman–Crippen MR) is 144 cm³/mol. The summed E-state index contributed by atoms with van der Waals surface area (Å²) in [6, 6.07) is 20.3. The van der Waals surface area contributed by atoms with Crippen LogP contribution in [0.2, 0.25) is 5.02 Å². The molecule has 2 heterocycles. The number of nitrogens with one attached hydrogen (secondary N) is 1. The number of amides is 2. The Balaban J connectivity index is 1.35. The zero-order chi connectivity index (χ0) is 25.9. The third-order valence-corrected chi connectivity index (χ3v) is 7.41. The molecule has 0 unspecified atom stereocenters. The first kappa shape index (κ1) is 25.0. The summed E-state index contributed by atoms with van der Waals surface area (Å²) in [6.07, 6.45) is 0.470. The highest BCUT2D eigenvalue weighted by molar-refractivity contribution is 8.15. The van der Waals surface area contributed by atoms with E-state index in [0.717, 1.165) is 16.8 Å². The van der Waals surface area contributed by atoms with E-state index < -0.39 is 11.2 Å². The van der Waals surface area contributed by atoms with Gasteiger partial charge < -0.3 is 10.1 Å². The van der Waals surface area contributed by atoms with E-state index in [9.17, 15) is 14.0 Å². The van der Waals surface area contributed by atoms with E-state index in [0.29, 0.717) is 28.0 Å². The van der Waals surface area contributed by atoms with Gasteiger partial charge in [0, 0.05) is 17.9 Å². The molecule has 7 nitrogen and oxygen atoms in total. The number of carbonyl (C=O) groups excluding carboxylic acids is 2. The monoisotopic (exact) mass is 536 g/mol. The van der Waals surface area contributed by atoms with Crippen molar-refractivity contribution in [2.24, 2.45) is 10.1 Å². The van der Waals surface area contributed by atoms with Crippen LogP contribution in [0.4, 0.5) is 10.1 Å². The van der Waals surface area contributed by atoms with Crippen molar-refractivity contribution in [2.75, 3.05) is 12.4 Å². The van der Waals surface area contributed by atoms with Gasteiger partial charge in [-0.05, 0) is 47.5 Å². The first-order chi connectivity index (χ1) is 17.9. The summed E-state index contributed by atoms with van der Waals surface area (Å²) in [7, 11) is 1.52. The Morgan fingerprint density at radius 1 is 1.14 bits per heavy atom. The number of halogens is 2. The van der Waals surface area contributed by atoms with Gasteiger partial charge in [-0.1, -0.05) is 59.8 Å². The number of methoxy groups -OCH3 is 1. The van der Waals surface area contributed by atoms with Gasteiger partial charge in [-0.3, -0.25) is 9.59 Å². The summed E-state index contributed by atoms with van der Waals surface area (Å²) in [5.74, 6) is -0.533. The zero-order valence-electron chi connectivity index (χ0n) is 19.7. The summed E-state index contributed by atoms with van der Waals surface area (Å²) in [6.45, 7) is 0. The van der Waals surface area contributed by atoms with Crippen molar-refractivity contribution in [3.8, 4) is 5.75 Å². The van der Waals surface area contributed by atoms with Crippen molar-refractivity contribution in [1.29, 1.82) is 0 Å². The van der Waals surface area contributed by atoms with Gasteiger partial charge >= 0.3 is 0 Å². The summed E-state index contributed by atoms with van der Waals surface area (Å²) in [5, 5.41) is 9.60. The first-order valence-electron chi connectivity index (χ1n) is 11.5. The molecule has 0 aliphatic carbocycles. The third-order valence-electron chi connectivity index (χ3n) is 6.02. The second kappa shape index (κ2) is 10.7. The molecule has 0 saturated heterocycles. The van der Waals surface area contributed by atoms with E-state index in [1.54, 1.807) is 53.5 Å². The van der Waals surface area contributed by atoms with Crippen LogP contribution in [0.5, 0.6) is 5.75 Å². The van der Waals surface area contributed by atoms with Crippen molar-refractivity contribution < 1.29 is 18.7 Å². The number of carbonyl (C=O) groups is 2. The topological polar surface area (TPSA) is 83.4 Å². The van der Waals surface area contributed by atoms with Crippen LogP contribution in [-0.4, -0.2) is 40.1 Å². The van der Waals surface area contributed by atoms with Gasteiger partial charge in [0.15, 0.2) is 5.17 Å². The van der Waals surface area contributed by atoms with Crippen molar-refractivity contribution in [3.63, 3.8) is 0 Å². The van der Waals surface area contributed by atoms with Crippen molar-refractivity contribution in [3.05, 3.63) is 94.8 Å². The van der Waals surface area contributed by atoms with E-state index in [2.05, 4.69) is 10.3 Å². The second-order valence-electron chi connectivity index (χ2n) is 8.46. The largest absolute Gasteiger partial charge is 0.495 e. The molecule has 10 heteroatoms. The predicted octanol–water partition coefficient (Wildman–Crippen LogP) is 5.67. The highest BCUT2D eigenvalue weighted by atomic mass is 35.5. The lowest BCUT2D eigenvalue weighted by molar-refractivity contribution is -0.121. The van der Waals surface area contributed by atoms with Crippen molar-refractivity contribution in [1.82, 2.24) is 5.01 Å². The minimum atomic E-state index is -0.687. The van der Waals surface area contributed by atoms with E-state index in [1.807, 2.05) is 12.1 Å². The molecule has 0 saturated carbocycles. The number of anilines is 1. The molecular weight excluding hydrogens is 515 g/mol. The summed E-state index contributed by atoms with van der Waals surface area (Å²) in [5.41, 5.74) is 3.04. The van der Waals surface area contributed by atoms with Crippen LogP contribution in [0, 0.1) is 5.82 Å². The molecule has 188 valence electrons. The molecule has 3 aromatic rings. The zero-order valence-corrected chi connectivity index (χ0v) is 21.3. The molecular formula is C27H22ClFN4O3S. The maximum absolute atomic E-state index is 13.6. The number of para-hydroxylation sites is 2. The lowest BCUT2D eigenvalue weighted by atomic mass is 9.98. The number of thioether (sulfide) groups is 1. The fourth-order valence-electron chi connectivity index (χ4n) is 4.17. The molecule has 37 heavy (non-hydrogen) atoms. The van der Waals surface area contributed by atoms with Crippen LogP contribution in [0.15, 0.2) is 82.9 Å². The lowest BCUT2D eigenvalue weighted by Gasteiger charge is -2.23. The van der Waals surface area contributed by atoms with E-state index >= 15 is 0 Å². The number of aliphatic imine (C=N–C) groups is 1. The Hall–Kier alpha value is -3.69. The summed E-state index contributed by atoms with van der Waals surface area (Å²) in [4.78, 5) is 29.7. The fraction of sp³-hybridized carbons (Fsp3) is 0.185. The Bertz CT molecular complexity index is 1400. The van der Waals surface area contributed by atoms with E-state index in [4.69, 9.17) is 21.4 Å². The minimum absolute atomic E-state index is 0.0582. The van der Waals surface area contributed by atoms with Gasteiger partial charge in [0.25, 0.3) is 5.91 Å². The number of hydrogen-bond donors (Lipinski definition) is 1. The van der Waals surface area contributed by atoms with Crippen LogP contribution in [-0.2, 0) is 9.59 Å². The summed E-state index contributed by atoms with van der Waals surface area (Å²) >= 11 is 7.24. The van der Waals surface area contributed by atoms with Gasteiger partial charge in [0.05, 0.1) is 24.6 Å². The molecule has 0 fully saturated rings. The third kappa shape index (κ3) is 5.52. The molecule has 0 aromatic heterocycles. The molecule has 2 atom stereocenters. The number of rotatable bonds is 6. The number of hydrazone groups is 1. The Labute approximate surface area is 222 Å². The van der Waals surface area contributed by atoms with Gasteiger partial charge in [-0.15, -0.1) is 0 Å². The lowest BCUT2D eigenvalue weighted by Crippen LogP contribution is -2.25. The smallest absolute Gasteiger partial charge is 0.262 e. The molecule has 1 N–H and O–H groups in total. The number of benzene rings is 3. The molecule has 0 spiro atoms. The van der Waals surface area contributed by atoms with E-state index in [1.165, 1.54) is 31.0 Å². The SMILES string of the molecule is COc1ccccc1NC(=O)C[C@H]1SC(N2N=C(c3ccc(Cl)cc3)C[C@H]2c2ccc(F)cc2)=NC1=O. The number of hydrogen-bond acceptors (Lipinski definition) is 6. The molecule has 2 amide bonds. The average molecular weight is 537 g/mol. The van der Waals surface area contributed by atoms with Gasteiger partial charge in [-0.25, -0.2) is 9.40 Å². The second-order valence-corrected chi connectivity index (χ2v) is 10.1. The Morgan fingerprint density at radius 3 is 2.59 bits per heavy atom. The normalized spacial score (nSPS) is 19.0. The standard InChI is InChI=1S/C27H22ClFN4O3S/c1-36-23-5-3-2-4-20(23)30-25(34)15-24-26(35)31-27(37-24)33-22(17-8-12-19(29)13-9-17)14-21(32-33)16-6-10-18(28)11-7-16/h2-13,22,24H,14-15H2,1H3,(H,30,34)/t22-,24+/m0/s1. The molecule has 3 aromatic carbocycles. The highest BCUT2D eigenvalue weighted by Crippen LogP contribution is 2.39. The van der Waals surface area contributed by atoms with Crippen LogP contribution in [0.3, 0.4) is 0 Å². The number of amidine groups is 1. The highest BCUT2D eigenvalue weighted by Gasteiger charge is 2.39. The maximum Gasteiger partial charge on any atom is 0.262 e. The minimum Gasteiger partial charge on any atom is -0.495 e. The Morgan fingerprint density at radius 2 is 1.86 bits per heavy atom. The average Bonchev–Trinajstić information content (AvgIpc) is 3.49. The number of ether oxygens (including phenoxy) is 1. The van der Waals surface area contributed by atoms with Gasteiger partial charge in [0.1, 0.15) is 16.8 Å². The van der Waals surface area contributed by atoms with Crippen molar-refractivity contribution in [2.45, 2.75) is 24.1 Å². The molecule has 2 aliphatic heterocycles. The van der Waals surface area contributed by atoms with Crippen molar-refractivity contribution >= 4 is 51.7 Å². The van der Waals surface area contributed by atoms with Crippen LogP contribution in [0.25, 0.3) is 0 Å². The fourth-order valence-corrected chi connectivity index (χ4v) is 5.36. The quantitative estimate of drug-likeness (QED) is 0.439. The molecule has 0 radical (unpaired) electrons.